The van der Waals surface area contributed by atoms with E-state index >= 15 is 0 Å². The summed E-state index contributed by atoms with van der Waals surface area (Å²) < 4.78 is 5.09. The maximum atomic E-state index is 9.89. The van der Waals surface area contributed by atoms with E-state index in [9.17, 15) is 5.11 Å². The summed E-state index contributed by atoms with van der Waals surface area (Å²) in [6.07, 6.45) is 3.32. The molecule has 2 nitrogen and oxygen atoms in total. The van der Waals surface area contributed by atoms with Crippen molar-refractivity contribution in [2.75, 3.05) is 7.11 Å². The fraction of sp³-hybridized carbons (Fsp3) is 0.294. The zero-order valence-corrected chi connectivity index (χ0v) is 11.1. The molecule has 0 bridgehead atoms. The van der Waals surface area contributed by atoms with Gasteiger partial charge in [-0.3, -0.25) is 0 Å². The third-order valence-corrected chi connectivity index (χ3v) is 4.02. The number of phenols is 1. The Labute approximate surface area is 113 Å². The molecular formula is C17H18O2. The molecule has 1 atom stereocenters. The highest BCUT2D eigenvalue weighted by Gasteiger charge is 2.20. The molecule has 2 aromatic carbocycles. The average molecular weight is 254 g/mol. The summed E-state index contributed by atoms with van der Waals surface area (Å²) in [4.78, 5) is 0. The average Bonchev–Trinajstić information content (AvgIpc) is 2.46. The van der Waals surface area contributed by atoms with Gasteiger partial charge in [0.25, 0.3) is 0 Å². The van der Waals surface area contributed by atoms with Gasteiger partial charge in [0.2, 0.25) is 0 Å². The van der Waals surface area contributed by atoms with Gasteiger partial charge in [0.15, 0.2) is 11.5 Å². The molecule has 3 rings (SSSR count). The molecule has 0 heterocycles. The Bertz CT molecular complexity index is 590. The number of hydrogen-bond donors (Lipinski definition) is 1. The third kappa shape index (κ3) is 2.30. The van der Waals surface area contributed by atoms with Crippen LogP contribution in [0.25, 0.3) is 0 Å². The molecule has 0 radical (unpaired) electrons. The fourth-order valence-corrected chi connectivity index (χ4v) is 2.94. The Hall–Kier alpha value is -1.96. The Balaban J connectivity index is 1.87. The monoisotopic (exact) mass is 254 g/mol. The lowest BCUT2D eigenvalue weighted by molar-refractivity contribution is 0.372. The van der Waals surface area contributed by atoms with Crippen molar-refractivity contribution in [1.29, 1.82) is 0 Å². The first-order valence-corrected chi connectivity index (χ1v) is 6.71. The Kier molecular flexibility index (Phi) is 3.16. The summed E-state index contributed by atoms with van der Waals surface area (Å²) in [7, 11) is 1.57. The summed E-state index contributed by atoms with van der Waals surface area (Å²) >= 11 is 0. The van der Waals surface area contributed by atoms with Gasteiger partial charge in [-0.15, -0.1) is 0 Å². The van der Waals surface area contributed by atoms with Crippen molar-refractivity contribution in [1.82, 2.24) is 0 Å². The minimum absolute atomic E-state index is 0.235. The van der Waals surface area contributed by atoms with Gasteiger partial charge in [-0.25, -0.2) is 0 Å². The van der Waals surface area contributed by atoms with Gasteiger partial charge in [-0.05, 0) is 54.0 Å². The van der Waals surface area contributed by atoms with Crippen LogP contribution in [0.4, 0.5) is 0 Å². The van der Waals surface area contributed by atoms with Gasteiger partial charge in [-0.1, -0.05) is 30.3 Å². The third-order valence-electron chi connectivity index (χ3n) is 4.02. The van der Waals surface area contributed by atoms with E-state index in [0.717, 1.165) is 19.3 Å². The van der Waals surface area contributed by atoms with E-state index in [4.69, 9.17) is 4.74 Å². The lowest BCUT2D eigenvalue weighted by Crippen LogP contribution is -2.12. The molecule has 0 fully saturated rings. The topological polar surface area (TPSA) is 29.5 Å². The highest BCUT2D eigenvalue weighted by Crippen LogP contribution is 2.36. The number of aromatic hydroxyl groups is 1. The van der Waals surface area contributed by atoms with Crippen LogP contribution in [-0.2, 0) is 12.8 Å². The van der Waals surface area contributed by atoms with Crippen LogP contribution in [0.15, 0.2) is 42.5 Å². The van der Waals surface area contributed by atoms with Crippen molar-refractivity contribution in [2.45, 2.75) is 25.2 Å². The number of hydrogen-bond acceptors (Lipinski definition) is 2. The van der Waals surface area contributed by atoms with Crippen molar-refractivity contribution in [3.8, 4) is 11.5 Å². The zero-order chi connectivity index (χ0) is 13.2. The minimum atomic E-state index is 0.235. The van der Waals surface area contributed by atoms with Crippen LogP contribution < -0.4 is 4.74 Å². The molecule has 0 spiro atoms. The first kappa shape index (κ1) is 12.1. The molecule has 19 heavy (non-hydrogen) atoms. The molecule has 98 valence electrons. The van der Waals surface area contributed by atoms with Gasteiger partial charge >= 0.3 is 0 Å². The van der Waals surface area contributed by atoms with Crippen molar-refractivity contribution in [3.05, 3.63) is 59.2 Å². The maximum Gasteiger partial charge on any atom is 0.160 e. The highest BCUT2D eigenvalue weighted by molar-refractivity contribution is 5.44. The second-order valence-corrected chi connectivity index (χ2v) is 5.14. The fourth-order valence-electron chi connectivity index (χ4n) is 2.94. The molecular weight excluding hydrogens is 236 g/mol. The van der Waals surface area contributed by atoms with E-state index < -0.39 is 0 Å². The molecule has 1 aliphatic carbocycles. The van der Waals surface area contributed by atoms with Crippen molar-refractivity contribution in [2.24, 2.45) is 0 Å². The lowest BCUT2D eigenvalue weighted by Gasteiger charge is -2.25. The second kappa shape index (κ2) is 4.96. The zero-order valence-electron chi connectivity index (χ0n) is 11.1. The minimum Gasteiger partial charge on any atom is -0.504 e. The van der Waals surface area contributed by atoms with E-state index in [2.05, 4.69) is 30.3 Å². The standard InChI is InChI=1S/C17H18O2/c1-19-17-9-8-15(11-16(17)18)14-7-6-12-4-2-3-5-13(12)10-14/h2-5,8-9,11,14,18H,6-7,10H2,1H3. The predicted molar refractivity (Wildman–Crippen MR) is 75.9 cm³/mol. The van der Waals surface area contributed by atoms with E-state index in [1.54, 1.807) is 7.11 Å². The molecule has 2 heteroatoms. The number of benzene rings is 2. The van der Waals surface area contributed by atoms with Crippen LogP contribution in [0.3, 0.4) is 0 Å². The van der Waals surface area contributed by atoms with Crippen LogP contribution in [0.2, 0.25) is 0 Å². The van der Waals surface area contributed by atoms with Crippen molar-refractivity contribution in [3.63, 3.8) is 0 Å². The number of rotatable bonds is 2. The number of aryl methyl sites for hydroxylation is 1. The molecule has 0 saturated heterocycles. The molecule has 1 unspecified atom stereocenters. The first-order chi connectivity index (χ1) is 9.28. The van der Waals surface area contributed by atoms with Crippen molar-refractivity contribution >= 4 is 0 Å². The number of methoxy groups -OCH3 is 1. The molecule has 0 aliphatic heterocycles. The number of phenolic OH excluding ortho intramolecular Hbond substituents is 1. The van der Waals surface area contributed by atoms with E-state index in [0.29, 0.717) is 11.7 Å². The smallest absolute Gasteiger partial charge is 0.160 e. The Morgan fingerprint density at radius 3 is 2.63 bits per heavy atom. The first-order valence-electron chi connectivity index (χ1n) is 6.71. The molecule has 0 aromatic heterocycles. The van der Waals surface area contributed by atoms with Gasteiger partial charge in [-0.2, -0.15) is 0 Å². The summed E-state index contributed by atoms with van der Waals surface area (Å²) in [6, 6.07) is 14.4. The van der Waals surface area contributed by atoms with Gasteiger partial charge in [0.1, 0.15) is 0 Å². The number of fused-ring (bicyclic) bond motifs is 1. The summed E-state index contributed by atoms with van der Waals surface area (Å²) in [5.41, 5.74) is 4.11. The number of ether oxygens (including phenoxy) is 1. The highest BCUT2D eigenvalue weighted by atomic mass is 16.5. The van der Waals surface area contributed by atoms with Gasteiger partial charge < -0.3 is 9.84 Å². The van der Waals surface area contributed by atoms with Crippen LogP contribution in [-0.4, -0.2) is 12.2 Å². The maximum absolute atomic E-state index is 9.89. The van der Waals surface area contributed by atoms with E-state index in [1.165, 1.54) is 16.7 Å². The van der Waals surface area contributed by atoms with Crippen LogP contribution in [0.1, 0.15) is 29.0 Å². The molecule has 1 N–H and O–H groups in total. The lowest BCUT2D eigenvalue weighted by atomic mass is 9.80. The SMILES string of the molecule is COc1ccc(C2CCc3ccccc3C2)cc1O. The normalized spacial score (nSPS) is 17.8. The van der Waals surface area contributed by atoms with Crippen LogP contribution in [0.5, 0.6) is 11.5 Å². The summed E-state index contributed by atoms with van der Waals surface area (Å²) in [5, 5.41) is 9.89. The van der Waals surface area contributed by atoms with Crippen molar-refractivity contribution < 1.29 is 9.84 Å². The molecule has 0 saturated carbocycles. The van der Waals surface area contributed by atoms with Crippen LogP contribution in [0, 0.1) is 0 Å². The van der Waals surface area contributed by atoms with E-state index in [-0.39, 0.29) is 5.75 Å². The summed E-state index contributed by atoms with van der Waals surface area (Å²) in [6.45, 7) is 0. The largest absolute Gasteiger partial charge is 0.504 e. The van der Waals surface area contributed by atoms with Gasteiger partial charge in [0, 0.05) is 0 Å². The second-order valence-electron chi connectivity index (χ2n) is 5.14. The summed E-state index contributed by atoms with van der Waals surface area (Å²) in [5.74, 6) is 1.27. The Morgan fingerprint density at radius 2 is 1.89 bits per heavy atom. The van der Waals surface area contributed by atoms with Gasteiger partial charge in [0.05, 0.1) is 7.11 Å². The molecule has 1 aliphatic rings. The predicted octanol–water partition coefficient (Wildman–Crippen LogP) is 3.67. The molecule has 2 aromatic rings. The van der Waals surface area contributed by atoms with Crippen LogP contribution >= 0.6 is 0 Å². The van der Waals surface area contributed by atoms with E-state index in [1.807, 2.05) is 12.1 Å². The quantitative estimate of drug-likeness (QED) is 0.886. The molecule has 0 amide bonds. The Morgan fingerprint density at radius 1 is 1.11 bits per heavy atom.